The summed E-state index contributed by atoms with van der Waals surface area (Å²) in [7, 11) is 2.07. The van der Waals surface area contributed by atoms with Gasteiger partial charge >= 0.3 is 6.18 Å². The van der Waals surface area contributed by atoms with Gasteiger partial charge in [0.25, 0.3) is 0 Å². The molecule has 0 bridgehead atoms. The molecule has 1 aliphatic carbocycles. The molecule has 1 aromatic carbocycles. The van der Waals surface area contributed by atoms with E-state index >= 15 is 0 Å². The molecule has 200 valence electrons. The van der Waals surface area contributed by atoms with E-state index in [1.807, 2.05) is 0 Å². The molecule has 3 atom stereocenters. The van der Waals surface area contributed by atoms with Crippen molar-refractivity contribution in [2.75, 3.05) is 20.3 Å². The molecule has 1 saturated heterocycles. The van der Waals surface area contributed by atoms with Gasteiger partial charge in [0.2, 0.25) is 5.91 Å². The maximum atomic E-state index is 13.5. The molecular weight excluding hydrogens is 464 g/mol. The van der Waals surface area contributed by atoms with E-state index in [-0.39, 0.29) is 36.6 Å². The number of carbonyl (C=O) groups is 1. The smallest absolute Gasteiger partial charge is 0.393 e. The predicted molar refractivity (Wildman–Crippen MR) is 127 cm³/mol. The van der Waals surface area contributed by atoms with Gasteiger partial charge < -0.3 is 20.1 Å². The molecule has 0 aromatic heterocycles. The molecule has 1 saturated carbocycles. The van der Waals surface area contributed by atoms with Crippen LogP contribution in [0.25, 0.3) is 0 Å². The number of rotatable bonds is 8. The van der Waals surface area contributed by atoms with Crippen LogP contribution in [0.5, 0.6) is 0 Å². The zero-order chi connectivity index (χ0) is 26.0. The summed E-state index contributed by atoms with van der Waals surface area (Å²) in [5.74, 6) is -0.801. The number of carbonyl (C=O) groups excluding carboxylic acids is 1. The first-order chi connectivity index (χ1) is 16.5. The second-order valence-electron chi connectivity index (χ2n) is 9.74. The summed E-state index contributed by atoms with van der Waals surface area (Å²) in [6.45, 7) is 5.58. The highest BCUT2D eigenvalue weighted by molar-refractivity contribution is 5.75. The summed E-state index contributed by atoms with van der Waals surface area (Å²) < 4.78 is 57.3. The highest BCUT2D eigenvalue weighted by Gasteiger charge is 2.31. The molecule has 2 N–H and O–H groups in total. The molecule has 2 fully saturated rings. The number of nitrogens with zero attached hydrogens (tertiary/aromatic N) is 1. The summed E-state index contributed by atoms with van der Waals surface area (Å²) in [6, 6.07) is 2.95. The molecular formula is C26H40F4N2O3. The molecule has 35 heavy (non-hydrogen) atoms. The second-order valence-corrected chi connectivity index (χ2v) is 9.74. The van der Waals surface area contributed by atoms with Gasteiger partial charge in [0, 0.05) is 31.7 Å². The van der Waals surface area contributed by atoms with Crippen molar-refractivity contribution in [2.24, 2.45) is 5.92 Å². The molecule has 0 radical (unpaired) electrons. The molecule has 1 aromatic rings. The minimum atomic E-state index is -4.62. The Morgan fingerprint density at radius 1 is 1.23 bits per heavy atom. The van der Waals surface area contributed by atoms with Crippen LogP contribution in [0.15, 0.2) is 18.2 Å². The topological polar surface area (TPSA) is 61.8 Å². The number of aliphatic hydroxyl groups is 1. The second kappa shape index (κ2) is 14.1. The summed E-state index contributed by atoms with van der Waals surface area (Å²) in [6.07, 6.45) is 2.75. The minimum absolute atomic E-state index is 0.0463. The molecule has 0 spiro atoms. The van der Waals surface area contributed by atoms with Crippen molar-refractivity contribution in [2.45, 2.75) is 96.1 Å². The van der Waals surface area contributed by atoms with Gasteiger partial charge in [-0.1, -0.05) is 26.7 Å². The quantitative estimate of drug-likeness (QED) is 0.472. The number of ether oxygens (including phenoxy) is 1. The van der Waals surface area contributed by atoms with Crippen molar-refractivity contribution in [3.8, 4) is 0 Å². The van der Waals surface area contributed by atoms with E-state index in [1.54, 1.807) is 0 Å². The van der Waals surface area contributed by atoms with Gasteiger partial charge in [0.15, 0.2) is 0 Å². The fraction of sp³-hybridized carbons (Fsp3) is 0.731. The Balaban J connectivity index is 0.000000625. The van der Waals surface area contributed by atoms with Crippen LogP contribution in [-0.2, 0) is 22.3 Å². The Labute approximate surface area is 206 Å². The van der Waals surface area contributed by atoms with Crippen LogP contribution in [0.2, 0.25) is 0 Å². The third-order valence-corrected chi connectivity index (χ3v) is 6.97. The highest BCUT2D eigenvalue weighted by atomic mass is 19.4. The van der Waals surface area contributed by atoms with Crippen LogP contribution in [0.3, 0.4) is 0 Å². The number of aliphatic hydroxyl groups excluding tert-OH is 1. The van der Waals surface area contributed by atoms with E-state index in [2.05, 4.69) is 31.1 Å². The Morgan fingerprint density at radius 2 is 1.91 bits per heavy atom. The van der Waals surface area contributed by atoms with Gasteiger partial charge in [0.1, 0.15) is 5.82 Å². The maximum Gasteiger partial charge on any atom is 0.416 e. The number of halogens is 4. The van der Waals surface area contributed by atoms with Crippen LogP contribution in [0.4, 0.5) is 17.6 Å². The molecule has 1 heterocycles. The van der Waals surface area contributed by atoms with Crippen molar-refractivity contribution in [3.63, 3.8) is 0 Å². The SMILES string of the molecule is CC[C@H](CCC(=O)NCc1cc(F)cc(C(F)(F)F)c1)N(C)C1CCOCC1C.OC1CCCC1. The monoisotopic (exact) mass is 504 g/mol. The first-order valence-electron chi connectivity index (χ1n) is 12.6. The fourth-order valence-corrected chi connectivity index (χ4v) is 4.85. The first-order valence-corrected chi connectivity index (χ1v) is 12.6. The van der Waals surface area contributed by atoms with Crippen molar-refractivity contribution in [3.05, 3.63) is 35.1 Å². The van der Waals surface area contributed by atoms with Crippen molar-refractivity contribution in [1.82, 2.24) is 10.2 Å². The number of nitrogens with one attached hydrogen (secondary N) is 1. The van der Waals surface area contributed by atoms with Gasteiger partial charge in [-0.2, -0.15) is 13.2 Å². The number of amides is 1. The normalized spacial score (nSPS) is 22.0. The van der Waals surface area contributed by atoms with E-state index in [0.717, 1.165) is 51.0 Å². The number of hydrogen-bond acceptors (Lipinski definition) is 4. The lowest BCUT2D eigenvalue weighted by atomic mass is 9.93. The van der Waals surface area contributed by atoms with E-state index < -0.39 is 17.6 Å². The summed E-state index contributed by atoms with van der Waals surface area (Å²) in [4.78, 5) is 14.5. The summed E-state index contributed by atoms with van der Waals surface area (Å²) >= 11 is 0. The van der Waals surface area contributed by atoms with Gasteiger partial charge in [0.05, 0.1) is 18.3 Å². The number of hydrogen-bond donors (Lipinski definition) is 2. The van der Waals surface area contributed by atoms with E-state index in [0.29, 0.717) is 24.4 Å². The average Bonchev–Trinajstić information content (AvgIpc) is 3.28. The van der Waals surface area contributed by atoms with Gasteiger partial charge in [-0.15, -0.1) is 0 Å². The van der Waals surface area contributed by atoms with Crippen LogP contribution in [-0.4, -0.2) is 54.4 Å². The molecule has 5 nitrogen and oxygen atoms in total. The van der Waals surface area contributed by atoms with E-state index in [4.69, 9.17) is 9.84 Å². The van der Waals surface area contributed by atoms with Crippen molar-refractivity contribution < 1.29 is 32.2 Å². The van der Waals surface area contributed by atoms with Gasteiger partial charge in [-0.3, -0.25) is 4.79 Å². The Morgan fingerprint density at radius 3 is 2.46 bits per heavy atom. The molecule has 2 unspecified atom stereocenters. The van der Waals surface area contributed by atoms with E-state index in [9.17, 15) is 22.4 Å². The standard InChI is InChI=1S/C21H30F4N2O2.C5H10O/c1-4-18(27(3)19-7-8-29-13-14(19)2)5-6-20(28)26-12-15-9-16(21(23,24)25)11-17(22)10-15;6-5-3-1-2-4-5/h9-11,14,18-19H,4-8,12-13H2,1-3H3,(H,26,28);5-6H,1-4H2/t14?,18-,19?;/m1./s1. The first kappa shape index (κ1) is 29.5. The Bertz CT molecular complexity index is 784. The Hall–Kier alpha value is -1.71. The molecule has 2 aliphatic rings. The summed E-state index contributed by atoms with van der Waals surface area (Å²) in [5.41, 5.74) is -0.967. The molecule has 1 amide bonds. The van der Waals surface area contributed by atoms with Gasteiger partial charge in [-0.25, -0.2) is 4.39 Å². The number of benzene rings is 1. The molecule has 3 rings (SSSR count). The third-order valence-electron chi connectivity index (χ3n) is 6.97. The van der Waals surface area contributed by atoms with Crippen molar-refractivity contribution >= 4 is 5.91 Å². The third kappa shape index (κ3) is 10.1. The zero-order valence-corrected chi connectivity index (χ0v) is 21.0. The molecule has 1 aliphatic heterocycles. The predicted octanol–water partition coefficient (Wildman–Crippen LogP) is 5.30. The fourth-order valence-electron chi connectivity index (χ4n) is 4.85. The lowest BCUT2D eigenvalue weighted by Gasteiger charge is -2.40. The zero-order valence-electron chi connectivity index (χ0n) is 21.0. The largest absolute Gasteiger partial charge is 0.416 e. The highest BCUT2D eigenvalue weighted by Crippen LogP contribution is 2.30. The van der Waals surface area contributed by atoms with Crippen molar-refractivity contribution in [1.29, 1.82) is 0 Å². The number of alkyl halides is 3. The molecule has 9 heteroatoms. The maximum absolute atomic E-state index is 13.5. The van der Waals surface area contributed by atoms with Gasteiger partial charge in [-0.05, 0) is 68.8 Å². The Kier molecular flexibility index (Phi) is 11.9. The average molecular weight is 505 g/mol. The van der Waals surface area contributed by atoms with Crippen LogP contribution < -0.4 is 5.32 Å². The summed E-state index contributed by atoms with van der Waals surface area (Å²) in [5, 5.41) is 11.3. The van der Waals surface area contributed by atoms with Crippen LogP contribution >= 0.6 is 0 Å². The van der Waals surface area contributed by atoms with Crippen LogP contribution in [0.1, 0.15) is 76.3 Å². The minimum Gasteiger partial charge on any atom is -0.393 e. The lowest BCUT2D eigenvalue weighted by Crippen LogP contribution is -2.47. The van der Waals surface area contributed by atoms with Crippen LogP contribution in [0, 0.1) is 11.7 Å². The van der Waals surface area contributed by atoms with E-state index in [1.165, 1.54) is 12.8 Å². The lowest BCUT2D eigenvalue weighted by molar-refractivity contribution is -0.137.